The zero-order valence-corrected chi connectivity index (χ0v) is 18.5. The number of rotatable bonds is 5. The predicted octanol–water partition coefficient (Wildman–Crippen LogP) is 2.04. The molecule has 25 heavy (non-hydrogen) atoms. The van der Waals surface area contributed by atoms with Crippen molar-refractivity contribution in [2.24, 2.45) is 22.7 Å². The monoisotopic (exact) mass is 466 g/mol. The Kier molecular flexibility index (Phi) is 10.1. The van der Waals surface area contributed by atoms with Gasteiger partial charge in [-0.1, -0.05) is 13.8 Å². The van der Waals surface area contributed by atoms with Gasteiger partial charge in [0.15, 0.2) is 5.96 Å². The smallest absolute Gasteiger partial charge is 0.310 e. The van der Waals surface area contributed by atoms with Crippen molar-refractivity contribution in [2.75, 3.05) is 53.4 Å². The maximum atomic E-state index is 11.8. The van der Waals surface area contributed by atoms with Crippen molar-refractivity contribution in [3.8, 4) is 0 Å². The molecule has 7 heteroatoms. The van der Waals surface area contributed by atoms with E-state index in [-0.39, 0.29) is 35.9 Å². The minimum Gasteiger partial charge on any atom is -0.469 e. The third-order valence-corrected chi connectivity index (χ3v) is 5.44. The molecule has 2 aliphatic rings. The number of nitrogens with zero attached hydrogens (tertiary/aromatic N) is 3. The zero-order valence-electron chi connectivity index (χ0n) is 16.2. The Morgan fingerprint density at radius 3 is 2.52 bits per heavy atom. The number of esters is 1. The molecule has 2 saturated heterocycles. The molecule has 0 bridgehead atoms. The molecule has 2 rings (SSSR count). The van der Waals surface area contributed by atoms with Gasteiger partial charge in [0.05, 0.1) is 13.0 Å². The molecule has 0 aromatic rings. The summed E-state index contributed by atoms with van der Waals surface area (Å²) in [6.45, 7) is 10.5. The van der Waals surface area contributed by atoms with Gasteiger partial charge in [-0.15, -0.1) is 24.0 Å². The lowest BCUT2D eigenvalue weighted by Gasteiger charge is -2.30. The van der Waals surface area contributed by atoms with Gasteiger partial charge in [0.25, 0.3) is 0 Å². The number of nitrogens with one attached hydrogen (secondary N) is 1. The lowest BCUT2D eigenvalue weighted by atomic mass is 9.99. The molecule has 2 heterocycles. The number of halogens is 1. The molecule has 0 saturated carbocycles. The number of guanidine groups is 1. The molecule has 2 atom stereocenters. The van der Waals surface area contributed by atoms with Crippen LogP contribution in [0.15, 0.2) is 4.99 Å². The lowest BCUT2D eigenvalue weighted by molar-refractivity contribution is -0.145. The van der Waals surface area contributed by atoms with Crippen LogP contribution in [0.2, 0.25) is 0 Å². The van der Waals surface area contributed by atoms with Crippen LogP contribution in [0.25, 0.3) is 0 Å². The standard InChI is InChI=1S/C18H34N4O2.HI/c1-14-6-10-21(11-7-14)9-5-8-20-18(19-3)22-12-15(2)16(13-22)17(23)24-4;/h14-16H,5-13H2,1-4H3,(H,19,20);1H. The van der Waals surface area contributed by atoms with Crippen LogP contribution in [0, 0.1) is 17.8 Å². The van der Waals surface area contributed by atoms with Crippen molar-refractivity contribution >= 4 is 35.9 Å². The first-order valence-electron chi connectivity index (χ1n) is 9.31. The Bertz CT molecular complexity index is 439. The minimum atomic E-state index is -0.111. The maximum absolute atomic E-state index is 11.8. The van der Waals surface area contributed by atoms with E-state index >= 15 is 0 Å². The highest BCUT2D eigenvalue weighted by atomic mass is 127. The van der Waals surface area contributed by atoms with Crippen LogP contribution in [0.4, 0.5) is 0 Å². The van der Waals surface area contributed by atoms with Crippen molar-refractivity contribution in [3.05, 3.63) is 0 Å². The first-order valence-corrected chi connectivity index (χ1v) is 9.31. The highest BCUT2D eigenvalue weighted by Crippen LogP contribution is 2.24. The van der Waals surface area contributed by atoms with Gasteiger partial charge in [-0.2, -0.15) is 0 Å². The second-order valence-electron chi connectivity index (χ2n) is 7.36. The Balaban J connectivity index is 0.00000312. The van der Waals surface area contributed by atoms with Gasteiger partial charge in [-0.25, -0.2) is 0 Å². The fourth-order valence-electron chi connectivity index (χ4n) is 3.72. The summed E-state index contributed by atoms with van der Waals surface area (Å²) in [6.07, 6.45) is 3.78. The van der Waals surface area contributed by atoms with E-state index in [0.29, 0.717) is 12.5 Å². The fourth-order valence-corrected chi connectivity index (χ4v) is 3.72. The highest BCUT2D eigenvalue weighted by Gasteiger charge is 2.36. The molecule has 0 aromatic heterocycles. The summed E-state index contributed by atoms with van der Waals surface area (Å²) in [5, 5.41) is 3.45. The van der Waals surface area contributed by atoms with E-state index in [0.717, 1.165) is 37.9 Å². The molecule has 0 amide bonds. The first kappa shape index (κ1) is 22.5. The number of hydrogen-bond acceptors (Lipinski definition) is 4. The van der Waals surface area contributed by atoms with E-state index in [1.165, 1.54) is 33.0 Å². The van der Waals surface area contributed by atoms with Crippen molar-refractivity contribution in [1.29, 1.82) is 0 Å². The van der Waals surface area contributed by atoms with Crippen LogP contribution in [0.1, 0.15) is 33.1 Å². The molecule has 1 N–H and O–H groups in total. The number of hydrogen-bond donors (Lipinski definition) is 1. The van der Waals surface area contributed by atoms with Crippen molar-refractivity contribution in [2.45, 2.75) is 33.1 Å². The van der Waals surface area contributed by atoms with Crippen LogP contribution in [-0.4, -0.2) is 75.2 Å². The SMILES string of the molecule is CN=C(NCCCN1CCC(C)CC1)N1CC(C)C(C(=O)OC)C1.I. The van der Waals surface area contributed by atoms with E-state index in [4.69, 9.17) is 4.74 Å². The number of ether oxygens (including phenoxy) is 1. The van der Waals surface area contributed by atoms with Crippen molar-refractivity contribution in [3.63, 3.8) is 0 Å². The molecule has 2 fully saturated rings. The van der Waals surface area contributed by atoms with E-state index in [1.807, 2.05) is 7.05 Å². The van der Waals surface area contributed by atoms with Gasteiger partial charge in [-0.3, -0.25) is 9.79 Å². The number of piperidine rings is 1. The van der Waals surface area contributed by atoms with Crippen molar-refractivity contribution in [1.82, 2.24) is 15.1 Å². The largest absolute Gasteiger partial charge is 0.469 e. The molecular formula is C18H35IN4O2. The first-order chi connectivity index (χ1) is 11.5. The van der Waals surface area contributed by atoms with Crippen LogP contribution >= 0.6 is 24.0 Å². The lowest BCUT2D eigenvalue weighted by Crippen LogP contribution is -2.42. The number of carbonyl (C=O) groups excluding carboxylic acids is 1. The van der Waals surface area contributed by atoms with E-state index in [1.54, 1.807) is 0 Å². The summed E-state index contributed by atoms with van der Waals surface area (Å²) in [4.78, 5) is 20.9. The van der Waals surface area contributed by atoms with Crippen LogP contribution in [0.3, 0.4) is 0 Å². The quantitative estimate of drug-likeness (QED) is 0.221. The average molecular weight is 466 g/mol. The number of aliphatic imine (C=N–C) groups is 1. The Morgan fingerprint density at radius 2 is 1.92 bits per heavy atom. The van der Waals surface area contributed by atoms with E-state index in [9.17, 15) is 4.79 Å². The van der Waals surface area contributed by atoms with Gasteiger partial charge >= 0.3 is 5.97 Å². The van der Waals surface area contributed by atoms with Gasteiger partial charge < -0.3 is 19.9 Å². The molecule has 0 spiro atoms. The predicted molar refractivity (Wildman–Crippen MR) is 112 cm³/mol. The fraction of sp³-hybridized carbons (Fsp3) is 0.889. The number of carbonyl (C=O) groups is 1. The van der Waals surface area contributed by atoms with Crippen LogP contribution in [0.5, 0.6) is 0 Å². The number of methoxy groups -OCH3 is 1. The summed E-state index contributed by atoms with van der Waals surface area (Å²) >= 11 is 0. The molecule has 0 aliphatic carbocycles. The molecule has 0 aromatic carbocycles. The molecule has 2 unspecified atom stereocenters. The van der Waals surface area contributed by atoms with Gasteiger partial charge in [0, 0.05) is 26.7 Å². The molecule has 0 radical (unpaired) electrons. The van der Waals surface area contributed by atoms with E-state index in [2.05, 4.69) is 34.0 Å². The Morgan fingerprint density at radius 1 is 1.24 bits per heavy atom. The van der Waals surface area contributed by atoms with Gasteiger partial charge in [0.2, 0.25) is 0 Å². The Hall–Kier alpha value is -0.570. The number of likely N-dealkylation sites (tertiary alicyclic amines) is 2. The van der Waals surface area contributed by atoms with Crippen molar-refractivity contribution < 1.29 is 9.53 Å². The summed E-state index contributed by atoms with van der Waals surface area (Å²) in [7, 11) is 3.27. The van der Waals surface area contributed by atoms with Gasteiger partial charge in [0.1, 0.15) is 0 Å². The molecular weight excluding hydrogens is 431 g/mol. The van der Waals surface area contributed by atoms with Gasteiger partial charge in [-0.05, 0) is 50.7 Å². The van der Waals surface area contributed by atoms with Crippen LogP contribution in [-0.2, 0) is 9.53 Å². The average Bonchev–Trinajstić information content (AvgIpc) is 2.97. The minimum absolute atomic E-state index is 0. The normalized spacial score (nSPS) is 25.6. The molecule has 2 aliphatic heterocycles. The topological polar surface area (TPSA) is 57.2 Å². The summed E-state index contributed by atoms with van der Waals surface area (Å²) in [5.41, 5.74) is 0. The Labute approximate surface area is 169 Å². The summed E-state index contributed by atoms with van der Waals surface area (Å²) < 4.78 is 4.91. The summed E-state index contributed by atoms with van der Waals surface area (Å²) in [5.74, 6) is 1.92. The zero-order chi connectivity index (χ0) is 17.5. The van der Waals surface area contributed by atoms with E-state index < -0.39 is 0 Å². The molecule has 6 nitrogen and oxygen atoms in total. The summed E-state index contributed by atoms with van der Waals surface area (Å²) in [6, 6.07) is 0. The van der Waals surface area contributed by atoms with Crippen LogP contribution < -0.4 is 5.32 Å². The second-order valence-corrected chi connectivity index (χ2v) is 7.36. The third-order valence-electron chi connectivity index (χ3n) is 5.44. The maximum Gasteiger partial charge on any atom is 0.310 e. The molecule has 146 valence electrons. The second kappa shape index (κ2) is 11.2. The highest BCUT2D eigenvalue weighted by molar-refractivity contribution is 14.0. The third kappa shape index (κ3) is 6.58.